The Morgan fingerprint density at radius 1 is 0.925 bits per heavy atom. The Morgan fingerprint density at radius 3 is 1.98 bits per heavy atom. The number of esters is 1. The van der Waals surface area contributed by atoms with Gasteiger partial charge in [0.05, 0.1) is 26.7 Å². The summed E-state index contributed by atoms with van der Waals surface area (Å²) in [5, 5.41) is 2.26. The zero-order chi connectivity index (χ0) is 28.6. The van der Waals surface area contributed by atoms with Crippen LogP contribution in [0.4, 0.5) is 0 Å². The molecule has 0 radical (unpaired) electrons. The van der Waals surface area contributed by atoms with Crippen molar-refractivity contribution in [1.82, 2.24) is 0 Å². The van der Waals surface area contributed by atoms with Gasteiger partial charge >= 0.3 is 5.97 Å². The highest BCUT2D eigenvalue weighted by atomic mass is 28.4. The Bertz CT molecular complexity index is 1260. The molecule has 1 aliphatic heterocycles. The van der Waals surface area contributed by atoms with Crippen molar-refractivity contribution in [2.45, 2.75) is 70.8 Å². The minimum absolute atomic E-state index is 0.124. The molecular weight excluding hydrogens is 516 g/mol. The molecule has 1 saturated carbocycles. The van der Waals surface area contributed by atoms with Crippen LogP contribution in [0.15, 0.2) is 84.9 Å². The second kappa shape index (κ2) is 10.8. The maximum absolute atomic E-state index is 12.7. The van der Waals surface area contributed by atoms with Gasteiger partial charge in [0.1, 0.15) is 17.5 Å². The smallest absolute Gasteiger partial charge is 0.306 e. The molecule has 212 valence electrons. The van der Waals surface area contributed by atoms with E-state index in [0.717, 1.165) is 17.7 Å². The van der Waals surface area contributed by atoms with Gasteiger partial charge in [0.15, 0.2) is 0 Å². The molecule has 3 aromatic rings. The van der Waals surface area contributed by atoms with E-state index < -0.39 is 20.0 Å². The largest absolute Gasteiger partial charge is 0.497 e. The number of methoxy groups -OCH3 is 1. The third kappa shape index (κ3) is 4.80. The molecule has 0 amide bonds. The number of carbonyl (C=O) groups excluding carboxylic acids is 1. The predicted octanol–water partition coefficient (Wildman–Crippen LogP) is 5.89. The van der Waals surface area contributed by atoms with Crippen molar-refractivity contribution < 1.29 is 23.4 Å². The molecule has 3 atom stereocenters. The van der Waals surface area contributed by atoms with E-state index in [9.17, 15) is 4.79 Å². The summed E-state index contributed by atoms with van der Waals surface area (Å²) >= 11 is 0. The summed E-state index contributed by atoms with van der Waals surface area (Å²) in [4.78, 5) is 12.7. The maximum atomic E-state index is 12.7. The Balaban J connectivity index is 1.54. The fourth-order valence-corrected chi connectivity index (χ4v) is 11.7. The summed E-state index contributed by atoms with van der Waals surface area (Å²) in [5.41, 5.74) is 0.0937. The Hall–Kier alpha value is -2.93. The first-order valence-electron chi connectivity index (χ1n) is 14.2. The number of rotatable bonds is 10. The van der Waals surface area contributed by atoms with E-state index in [4.69, 9.17) is 18.6 Å². The van der Waals surface area contributed by atoms with Crippen molar-refractivity contribution in [3.8, 4) is 5.75 Å². The molecule has 0 bridgehead atoms. The fourth-order valence-electron chi connectivity index (χ4n) is 7.17. The van der Waals surface area contributed by atoms with Gasteiger partial charge in [-0.15, -0.1) is 0 Å². The lowest BCUT2D eigenvalue weighted by atomic mass is 9.50. The van der Waals surface area contributed by atoms with E-state index in [1.807, 2.05) is 24.3 Å². The lowest BCUT2D eigenvalue weighted by molar-refractivity contribution is -0.254. The van der Waals surface area contributed by atoms with Crippen LogP contribution in [0, 0.1) is 11.3 Å². The highest BCUT2D eigenvalue weighted by molar-refractivity contribution is 6.99. The molecule has 6 heteroatoms. The standard InChI is InChI=1S/C34H42O5Si/c1-32(2,3)40(28-13-9-7-10-14-28,29-15-11-8-12-16-29)38-24-30(37-23-25-17-19-27(36-6)20-18-25)34-26(21-31(35)39-34)22-33(34,4)5/h7-20,26,30H,21-24H2,1-6H3/t26-,30+,34+/m1/s1. The van der Waals surface area contributed by atoms with Crippen molar-refractivity contribution in [2.24, 2.45) is 11.3 Å². The number of hydrogen-bond donors (Lipinski definition) is 0. The second-order valence-corrected chi connectivity index (χ2v) is 17.2. The van der Waals surface area contributed by atoms with Gasteiger partial charge in [-0.25, -0.2) is 0 Å². The number of benzene rings is 3. The van der Waals surface area contributed by atoms with Crippen molar-refractivity contribution in [3.63, 3.8) is 0 Å². The van der Waals surface area contributed by atoms with Crippen LogP contribution in [0.3, 0.4) is 0 Å². The van der Waals surface area contributed by atoms with Crippen molar-refractivity contribution in [1.29, 1.82) is 0 Å². The summed E-state index contributed by atoms with van der Waals surface area (Å²) < 4.78 is 25.7. The van der Waals surface area contributed by atoms with Gasteiger partial charge in [0.2, 0.25) is 0 Å². The quantitative estimate of drug-likeness (QED) is 0.230. The van der Waals surface area contributed by atoms with Crippen LogP contribution in [0.5, 0.6) is 5.75 Å². The van der Waals surface area contributed by atoms with Gasteiger partial charge < -0.3 is 18.6 Å². The Kier molecular flexibility index (Phi) is 7.72. The third-order valence-corrected chi connectivity index (χ3v) is 14.1. The van der Waals surface area contributed by atoms with E-state index in [1.165, 1.54) is 10.4 Å². The summed E-state index contributed by atoms with van der Waals surface area (Å²) in [5.74, 6) is 0.788. The molecule has 40 heavy (non-hydrogen) atoms. The van der Waals surface area contributed by atoms with Crippen LogP contribution in [-0.4, -0.2) is 39.7 Å². The molecule has 2 fully saturated rings. The van der Waals surface area contributed by atoms with Gasteiger partial charge in [-0.1, -0.05) is 107 Å². The maximum Gasteiger partial charge on any atom is 0.306 e. The molecule has 5 nitrogen and oxygen atoms in total. The highest BCUT2D eigenvalue weighted by Crippen LogP contribution is 2.63. The van der Waals surface area contributed by atoms with Gasteiger partial charge in [-0.2, -0.15) is 0 Å². The summed E-state index contributed by atoms with van der Waals surface area (Å²) in [6.07, 6.45) is 0.947. The van der Waals surface area contributed by atoms with Gasteiger partial charge in [-0.3, -0.25) is 4.79 Å². The van der Waals surface area contributed by atoms with Crippen molar-refractivity contribution >= 4 is 24.7 Å². The minimum Gasteiger partial charge on any atom is -0.497 e. The van der Waals surface area contributed by atoms with Gasteiger partial charge in [-0.05, 0) is 39.5 Å². The van der Waals surface area contributed by atoms with Gasteiger partial charge in [0, 0.05) is 11.3 Å². The Morgan fingerprint density at radius 2 is 1.50 bits per heavy atom. The average molecular weight is 559 g/mol. The van der Waals surface area contributed by atoms with Crippen LogP contribution in [0.1, 0.15) is 53.0 Å². The van der Waals surface area contributed by atoms with E-state index in [-0.39, 0.29) is 22.3 Å². The van der Waals surface area contributed by atoms with Crippen molar-refractivity contribution in [3.05, 3.63) is 90.5 Å². The molecule has 0 unspecified atom stereocenters. The zero-order valence-corrected chi connectivity index (χ0v) is 25.6. The van der Waals surface area contributed by atoms with Crippen LogP contribution >= 0.6 is 0 Å². The molecule has 3 aromatic carbocycles. The normalized spacial score (nSPS) is 22.6. The summed E-state index contributed by atoms with van der Waals surface area (Å²) in [6.45, 7) is 11.9. The van der Waals surface area contributed by atoms with Crippen LogP contribution in [0.25, 0.3) is 0 Å². The fraction of sp³-hybridized carbons (Fsp3) is 0.441. The second-order valence-electron chi connectivity index (χ2n) is 12.9. The molecule has 0 N–H and O–H groups in total. The third-order valence-electron chi connectivity index (χ3n) is 9.07. The predicted molar refractivity (Wildman–Crippen MR) is 160 cm³/mol. The zero-order valence-electron chi connectivity index (χ0n) is 24.6. The molecule has 2 aliphatic rings. The molecule has 1 saturated heterocycles. The Labute approximate surface area is 239 Å². The van der Waals surface area contributed by atoms with E-state index in [1.54, 1.807) is 7.11 Å². The van der Waals surface area contributed by atoms with E-state index >= 15 is 0 Å². The molecule has 5 rings (SSSR count). The van der Waals surface area contributed by atoms with Crippen LogP contribution < -0.4 is 15.1 Å². The first kappa shape index (κ1) is 28.6. The lowest BCUT2D eigenvalue weighted by Crippen LogP contribution is -2.71. The molecule has 1 aliphatic carbocycles. The summed E-state index contributed by atoms with van der Waals surface area (Å²) in [6, 6.07) is 29.2. The molecule has 0 spiro atoms. The van der Waals surface area contributed by atoms with Crippen molar-refractivity contribution in [2.75, 3.05) is 13.7 Å². The van der Waals surface area contributed by atoms with Gasteiger partial charge in [0.25, 0.3) is 8.32 Å². The molecule has 0 aromatic heterocycles. The first-order valence-corrected chi connectivity index (χ1v) is 16.2. The minimum atomic E-state index is -2.81. The molecular formula is C34H42O5Si. The van der Waals surface area contributed by atoms with E-state index in [2.05, 4.69) is 95.3 Å². The number of fused-ring (bicyclic) bond motifs is 1. The SMILES string of the molecule is COc1ccc(CO[C@@H](CO[Si](c2ccccc2)(c2ccccc2)C(C)(C)C)[C@@]23OC(=O)C[C@@H]2CC3(C)C)cc1. The molecule has 1 heterocycles. The summed E-state index contributed by atoms with van der Waals surface area (Å²) in [7, 11) is -1.15. The lowest BCUT2D eigenvalue weighted by Gasteiger charge is -2.59. The highest BCUT2D eigenvalue weighted by Gasteiger charge is 2.71. The van der Waals surface area contributed by atoms with Crippen LogP contribution in [0.2, 0.25) is 5.04 Å². The first-order chi connectivity index (χ1) is 19.0. The number of hydrogen-bond acceptors (Lipinski definition) is 5. The monoisotopic (exact) mass is 558 g/mol. The average Bonchev–Trinajstić information content (AvgIpc) is 3.23. The number of carbonyl (C=O) groups is 1. The van der Waals surface area contributed by atoms with E-state index in [0.29, 0.717) is 19.6 Å². The van der Waals surface area contributed by atoms with Crippen LogP contribution in [-0.2, 0) is 25.3 Å². The topological polar surface area (TPSA) is 54.0 Å². The number of ether oxygens (including phenoxy) is 3.